The van der Waals surface area contributed by atoms with Crippen molar-refractivity contribution < 1.29 is 19.2 Å². The zero-order valence-electron chi connectivity index (χ0n) is 16.3. The maximum atomic E-state index is 12.5. The van der Waals surface area contributed by atoms with Crippen LogP contribution in [0.3, 0.4) is 0 Å². The van der Waals surface area contributed by atoms with Crippen LogP contribution in [0.25, 0.3) is 11.4 Å². The second-order valence-corrected chi connectivity index (χ2v) is 7.17. The Balaban J connectivity index is 2.22. The second-order valence-electron chi connectivity index (χ2n) is 7.17. The van der Waals surface area contributed by atoms with Crippen molar-refractivity contribution in [2.75, 3.05) is 13.6 Å². The Bertz CT molecular complexity index is 894. The van der Waals surface area contributed by atoms with E-state index in [1.54, 1.807) is 13.8 Å². The summed E-state index contributed by atoms with van der Waals surface area (Å²) in [7, 11) is 1.89. The first-order valence-corrected chi connectivity index (χ1v) is 9.02. The van der Waals surface area contributed by atoms with Gasteiger partial charge in [-0.25, -0.2) is 14.1 Å². The summed E-state index contributed by atoms with van der Waals surface area (Å²) >= 11 is 0. The molecule has 8 heteroatoms. The third-order valence-corrected chi connectivity index (χ3v) is 5.74. The Kier molecular flexibility index (Phi) is 4.77. The minimum atomic E-state index is -0.972. The number of amides is 2. The van der Waals surface area contributed by atoms with Crippen LogP contribution >= 0.6 is 0 Å². The van der Waals surface area contributed by atoms with Crippen LogP contribution in [0.5, 0.6) is 0 Å². The molecule has 0 bridgehead atoms. The first-order chi connectivity index (χ1) is 12.7. The topological polar surface area (TPSA) is 96.5 Å². The van der Waals surface area contributed by atoms with Crippen molar-refractivity contribution in [2.24, 2.45) is 0 Å². The third kappa shape index (κ3) is 2.99. The number of rotatable bonds is 3. The van der Waals surface area contributed by atoms with Crippen molar-refractivity contribution in [1.82, 2.24) is 19.5 Å². The van der Waals surface area contributed by atoms with Crippen LogP contribution in [0, 0.1) is 6.92 Å². The summed E-state index contributed by atoms with van der Waals surface area (Å²) in [6, 6.07) is 5.24. The van der Waals surface area contributed by atoms with Gasteiger partial charge in [0.05, 0.1) is 26.1 Å². The first kappa shape index (κ1) is 19.0. The highest BCUT2D eigenvalue weighted by Gasteiger charge is 2.47. The van der Waals surface area contributed by atoms with Crippen molar-refractivity contribution in [1.29, 1.82) is 0 Å². The Morgan fingerprint density at radius 1 is 1.41 bits per heavy atom. The van der Waals surface area contributed by atoms with Gasteiger partial charge in [-0.05, 0) is 26.0 Å². The van der Waals surface area contributed by atoms with E-state index in [2.05, 4.69) is 10.1 Å². The molecule has 0 saturated heterocycles. The molecule has 3 atom stereocenters. The maximum Gasteiger partial charge on any atom is 0.407 e. The van der Waals surface area contributed by atoms with Crippen LogP contribution in [0.2, 0.25) is 0 Å². The number of carbonyl (C=O) groups is 2. The molecule has 0 spiro atoms. The summed E-state index contributed by atoms with van der Waals surface area (Å²) in [6.07, 6.45) is -0.418. The molecule has 0 saturated carbocycles. The monoisotopic (exact) mass is 373 g/mol. The zero-order valence-corrected chi connectivity index (χ0v) is 16.3. The fourth-order valence-electron chi connectivity index (χ4n) is 3.96. The van der Waals surface area contributed by atoms with E-state index in [4.69, 9.17) is 4.52 Å². The third-order valence-electron chi connectivity index (χ3n) is 5.74. The standard InChI is InChI=1S/C19H24N4O4/c1-6-22(19(25)26)16-9-11(2)23(5,13(4)24)17-8-7-14(10-15(16)17)18-20-12(3)27-21-18/h7-8,10-11,16H,6,9H2,1-5H3/p+1/t11-,16+,23?/m0/s1. The number of nitrogens with zero attached hydrogens (tertiary/aromatic N) is 4. The molecule has 2 heterocycles. The molecule has 27 heavy (non-hydrogen) atoms. The molecular weight excluding hydrogens is 348 g/mol. The van der Waals surface area contributed by atoms with E-state index in [1.165, 1.54) is 4.90 Å². The van der Waals surface area contributed by atoms with Crippen molar-refractivity contribution in [2.45, 2.75) is 46.2 Å². The summed E-state index contributed by atoms with van der Waals surface area (Å²) in [5.41, 5.74) is 2.37. The van der Waals surface area contributed by atoms with Gasteiger partial charge in [0.1, 0.15) is 5.69 Å². The quantitative estimate of drug-likeness (QED) is 0.829. The van der Waals surface area contributed by atoms with Crippen molar-refractivity contribution in [3.05, 3.63) is 29.7 Å². The van der Waals surface area contributed by atoms with Gasteiger partial charge in [0.2, 0.25) is 11.7 Å². The number of hydrogen-bond donors (Lipinski definition) is 1. The molecule has 3 rings (SSSR count). The van der Waals surface area contributed by atoms with E-state index in [0.717, 1.165) is 16.8 Å². The zero-order chi connectivity index (χ0) is 19.9. The van der Waals surface area contributed by atoms with E-state index in [9.17, 15) is 14.7 Å². The molecule has 144 valence electrons. The largest absolute Gasteiger partial charge is 0.465 e. The molecule has 2 aromatic rings. The van der Waals surface area contributed by atoms with Crippen LogP contribution in [0.4, 0.5) is 10.5 Å². The Hall–Kier alpha value is -2.74. The van der Waals surface area contributed by atoms with Gasteiger partial charge in [-0.15, -0.1) is 0 Å². The van der Waals surface area contributed by atoms with Crippen molar-refractivity contribution in [3.8, 4) is 11.4 Å². The van der Waals surface area contributed by atoms with Crippen LogP contribution in [-0.4, -0.2) is 51.8 Å². The molecule has 1 aliphatic rings. The van der Waals surface area contributed by atoms with Gasteiger partial charge in [0.15, 0.2) is 0 Å². The molecular formula is C19H25N4O4+. The van der Waals surface area contributed by atoms with E-state index in [-0.39, 0.29) is 22.5 Å². The summed E-state index contributed by atoms with van der Waals surface area (Å²) in [6.45, 7) is 7.46. The average Bonchev–Trinajstić information content (AvgIpc) is 3.05. The predicted molar refractivity (Wildman–Crippen MR) is 100 cm³/mol. The van der Waals surface area contributed by atoms with Gasteiger partial charge in [-0.2, -0.15) is 4.98 Å². The molecule has 1 aromatic heterocycles. The van der Waals surface area contributed by atoms with E-state index < -0.39 is 6.09 Å². The number of quaternary nitrogens is 1. The number of carboxylic acid groups (broad SMARTS) is 1. The maximum absolute atomic E-state index is 12.5. The van der Waals surface area contributed by atoms with Gasteiger partial charge >= 0.3 is 12.0 Å². The number of fused-ring (bicyclic) bond motifs is 1. The molecule has 1 N–H and O–H groups in total. The molecule has 1 unspecified atom stereocenters. The minimum Gasteiger partial charge on any atom is -0.465 e. The lowest BCUT2D eigenvalue weighted by molar-refractivity contribution is -0.129. The molecule has 1 aliphatic heterocycles. The lowest BCUT2D eigenvalue weighted by Crippen LogP contribution is -2.60. The first-order valence-electron chi connectivity index (χ1n) is 9.02. The molecule has 0 radical (unpaired) electrons. The number of carbonyl (C=O) groups excluding carboxylic acids is 1. The highest BCUT2D eigenvalue weighted by Crippen LogP contribution is 2.45. The van der Waals surface area contributed by atoms with E-state index in [1.807, 2.05) is 39.1 Å². The van der Waals surface area contributed by atoms with Gasteiger partial charge in [-0.3, -0.25) is 0 Å². The lowest BCUT2D eigenvalue weighted by atomic mass is 9.87. The summed E-state index contributed by atoms with van der Waals surface area (Å²) in [5.74, 6) is 0.921. The van der Waals surface area contributed by atoms with Gasteiger partial charge in [0, 0.05) is 37.1 Å². The number of hydrogen-bond acceptors (Lipinski definition) is 5. The summed E-state index contributed by atoms with van der Waals surface area (Å²) in [5, 5.41) is 13.6. The fraction of sp³-hybridized carbons (Fsp3) is 0.474. The fourth-order valence-corrected chi connectivity index (χ4v) is 3.96. The van der Waals surface area contributed by atoms with Gasteiger partial charge in [-0.1, -0.05) is 5.16 Å². The highest BCUT2D eigenvalue weighted by atomic mass is 16.5. The Morgan fingerprint density at radius 3 is 2.63 bits per heavy atom. The minimum absolute atomic E-state index is 0.0173. The molecule has 0 aliphatic carbocycles. The molecule has 0 fully saturated rings. The van der Waals surface area contributed by atoms with Gasteiger partial charge in [0.25, 0.3) is 0 Å². The van der Waals surface area contributed by atoms with Crippen molar-refractivity contribution >= 4 is 17.7 Å². The summed E-state index contributed by atoms with van der Waals surface area (Å²) < 4.78 is 5.20. The van der Waals surface area contributed by atoms with Crippen LogP contribution in [0.15, 0.2) is 22.7 Å². The molecule has 8 nitrogen and oxygen atoms in total. The number of benzene rings is 1. The Morgan fingerprint density at radius 2 is 2.11 bits per heavy atom. The van der Waals surface area contributed by atoms with Crippen LogP contribution in [-0.2, 0) is 4.79 Å². The normalized spacial score (nSPS) is 24.3. The van der Waals surface area contributed by atoms with E-state index >= 15 is 0 Å². The van der Waals surface area contributed by atoms with E-state index in [0.29, 0.717) is 24.7 Å². The lowest BCUT2D eigenvalue weighted by Gasteiger charge is -2.45. The van der Waals surface area contributed by atoms with Gasteiger partial charge < -0.3 is 14.5 Å². The highest BCUT2D eigenvalue weighted by molar-refractivity contribution is 5.89. The molecule has 1 aromatic carbocycles. The SMILES string of the molecule is CCN(C(=O)O)[C@@H]1C[C@H](C)[N+](C)(C(C)=O)c2ccc(-c3noc(C)n3)cc21. The van der Waals surface area contributed by atoms with Crippen LogP contribution < -0.4 is 4.48 Å². The number of aromatic nitrogens is 2. The van der Waals surface area contributed by atoms with Crippen LogP contribution in [0.1, 0.15) is 44.7 Å². The summed E-state index contributed by atoms with van der Waals surface area (Å²) in [4.78, 5) is 30.0. The van der Waals surface area contributed by atoms with Crippen molar-refractivity contribution in [3.63, 3.8) is 0 Å². The number of aryl methyl sites for hydroxylation is 1. The molecule has 2 amide bonds. The predicted octanol–water partition coefficient (Wildman–Crippen LogP) is 3.36. The smallest absolute Gasteiger partial charge is 0.407 e. The Labute approximate surface area is 158 Å². The average molecular weight is 373 g/mol. The second kappa shape index (κ2) is 6.77.